The monoisotopic (exact) mass is 365 g/mol. The molecule has 140 valence electrons. The van der Waals surface area contributed by atoms with Gasteiger partial charge in [-0.2, -0.15) is 0 Å². The largest absolute Gasteiger partial charge is 0.454 e. The molecule has 0 saturated heterocycles. The van der Waals surface area contributed by atoms with Crippen molar-refractivity contribution in [1.29, 1.82) is 0 Å². The number of fused-ring (bicyclic) bond motifs is 1. The van der Waals surface area contributed by atoms with Gasteiger partial charge in [0.25, 0.3) is 0 Å². The smallest absolute Gasteiger partial charge is 0.331 e. The molecule has 5 heteroatoms. The summed E-state index contributed by atoms with van der Waals surface area (Å²) in [6, 6.07) is 15.4. The number of rotatable bonds is 7. The minimum Gasteiger partial charge on any atom is -0.454 e. The lowest BCUT2D eigenvalue weighted by atomic mass is 10.1. The highest BCUT2D eigenvalue weighted by atomic mass is 16.7. The lowest BCUT2D eigenvalue weighted by molar-refractivity contribution is -0.144. The molecule has 0 amide bonds. The van der Waals surface area contributed by atoms with E-state index < -0.39 is 0 Å². The molecule has 5 nitrogen and oxygen atoms in total. The van der Waals surface area contributed by atoms with E-state index in [0.717, 1.165) is 22.6 Å². The first-order chi connectivity index (χ1) is 13.1. The second-order valence-corrected chi connectivity index (χ2v) is 6.43. The van der Waals surface area contributed by atoms with Gasteiger partial charge in [0.1, 0.15) is 6.10 Å². The Kier molecular flexibility index (Phi) is 6.28. The molecular formula is C22H23NO4. The van der Waals surface area contributed by atoms with Crippen molar-refractivity contribution in [2.45, 2.75) is 6.10 Å². The number of carbonyl (C=O) groups excluding carboxylic acids is 1. The molecule has 0 radical (unpaired) electrons. The van der Waals surface area contributed by atoms with E-state index in [1.807, 2.05) is 73.6 Å². The maximum absolute atomic E-state index is 12.2. The maximum atomic E-state index is 12.2. The van der Waals surface area contributed by atoms with Gasteiger partial charge >= 0.3 is 5.97 Å². The van der Waals surface area contributed by atoms with Crippen LogP contribution in [0.1, 0.15) is 17.2 Å². The van der Waals surface area contributed by atoms with Crippen LogP contribution in [0.25, 0.3) is 6.08 Å². The fourth-order valence-electron chi connectivity index (χ4n) is 2.71. The number of nitrogens with zero attached hydrogens (tertiary/aromatic N) is 1. The number of benzene rings is 2. The molecule has 1 heterocycles. The molecule has 0 bridgehead atoms. The highest BCUT2D eigenvalue weighted by Gasteiger charge is 2.16. The van der Waals surface area contributed by atoms with Crippen LogP contribution in [0.2, 0.25) is 0 Å². The minimum absolute atomic E-state index is 0.254. The van der Waals surface area contributed by atoms with Gasteiger partial charge in [0, 0.05) is 12.6 Å². The van der Waals surface area contributed by atoms with Crippen LogP contribution in [0, 0.1) is 0 Å². The molecule has 0 aromatic heterocycles. The fraction of sp³-hybridized carbons (Fsp3) is 0.227. The highest BCUT2D eigenvalue weighted by molar-refractivity contribution is 5.82. The van der Waals surface area contributed by atoms with Crippen LogP contribution in [-0.4, -0.2) is 38.3 Å². The number of ether oxygens (including phenoxy) is 3. The summed E-state index contributed by atoms with van der Waals surface area (Å²) in [6.07, 6.45) is 6.47. The summed E-state index contributed by atoms with van der Waals surface area (Å²) in [6.45, 7) is 0.875. The number of esters is 1. The van der Waals surface area contributed by atoms with Crippen LogP contribution in [0.3, 0.4) is 0 Å². The second kappa shape index (κ2) is 9.05. The van der Waals surface area contributed by atoms with E-state index in [2.05, 4.69) is 0 Å². The first kappa shape index (κ1) is 18.7. The van der Waals surface area contributed by atoms with E-state index in [0.29, 0.717) is 6.54 Å². The van der Waals surface area contributed by atoms with Crippen molar-refractivity contribution in [3.8, 4) is 11.5 Å². The zero-order chi connectivity index (χ0) is 19.1. The van der Waals surface area contributed by atoms with Crippen molar-refractivity contribution in [2.75, 3.05) is 27.4 Å². The van der Waals surface area contributed by atoms with Crippen molar-refractivity contribution in [2.24, 2.45) is 0 Å². The Labute approximate surface area is 159 Å². The Hall–Kier alpha value is -3.05. The van der Waals surface area contributed by atoms with Crippen molar-refractivity contribution in [3.05, 3.63) is 77.9 Å². The van der Waals surface area contributed by atoms with Gasteiger partial charge in [0.15, 0.2) is 11.5 Å². The molecule has 1 aliphatic rings. The van der Waals surface area contributed by atoms with Gasteiger partial charge in [-0.05, 0) is 37.4 Å². The molecule has 27 heavy (non-hydrogen) atoms. The van der Waals surface area contributed by atoms with Crippen LogP contribution < -0.4 is 9.47 Å². The predicted octanol–water partition coefficient (Wildman–Crippen LogP) is 3.83. The molecule has 3 rings (SSSR count). The lowest BCUT2D eigenvalue weighted by Gasteiger charge is -2.21. The Morgan fingerprint density at radius 3 is 2.67 bits per heavy atom. The molecule has 1 atom stereocenters. The van der Waals surface area contributed by atoms with E-state index in [1.54, 1.807) is 12.2 Å². The van der Waals surface area contributed by atoms with E-state index in [9.17, 15) is 4.79 Å². The Morgan fingerprint density at radius 1 is 1.11 bits per heavy atom. The van der Waals surface area contributed by atoms with Crippen LogP contribution in [0.5, 0.6) is 11.5 Å². The van der Waals surface area contributed by atoms with E-state index >= 15 is 0 Å². The Bertz CT molecular complexity index is 827. The summed E-state index contributed by atoms with van der Waals surface area (Å²) in [7, 11) is 3.90. The molecular weight excluding hydrogens is 342 g/mol. The molecule has 0 fully saturated rings. The summed E-state index contributed by atoms with van der Waals surface area (Å²) in [5.74, 6) is 1.11. The van der Waals surface area contributed by atoms with Gasteiger partial charge in [-0.15, -0.1) is 0 Å². The molecule has 0 saturated carbocycles. The van der Waals surface area contributed by atoms with Gasteiger partial charge < -0.3 is 19.1 Å². The third-order valence-corrected chi connectivity index (χ3v) is 3.99. The van der Waals surface area contributed by atoms with Crippen molar-refractivity contribution >= 4 is 12.0 Å². The lowest BCUT2D eigenvalue weighted by Crippen LogP contribution is -2.23. The average Bonchev–Trinajstić information content (AvgIpc) is 3.13. The zero-order valence-electron chi connectivity index (χ0n) is 15.5. The summed E-state index contributed by atoms with van der Waals surface area (Å²) >= 11 is 0. The van der Waals surface area contributed by atoms with Gasteiger partial charge in [-0.1, -0.05) is 54.6 Å². The summed E-state index contributed by atoms with van der Waals surface area (Å²) in [4.78, 5) is 14.2. The van der Waals surface area contributed by atoms with Gasteiger partial charge in [0.05, 0.1) is 0 Å². The molecule has 0 N–H and O–H groups in total. The Morgan fingerprint density at radius 2 is 1.89 bits per heavy atom. The topological polar surface area (TPSA) is 48.0 Å². The number of carbonyl (C=O) groups is 1. The second-order valence-electron chi connectivity index (χ2n) is 6.43. The van der Waals surface area contributed by atoms with Crippen LogP contribution in [0.4, 0.5) is 0 Å². The third kappa shape index (κ3) is 5.46. The van der Waals surface area contributed by atoms with Crippen molar-refractivity contribution in [3.63, 3.8) is 0 Å². The molecule has 0 spiro atoms. The van der Waals surface area contributed by atoms with Crippen LogP contribution >= 0.6 is 0 Å². The third-order valence-electron chi connectivity index (χ3n) is 3.99. The molecule has 1 aliphatic heterocycles. The van der Waals surface area contributed by atoms with Gasteiger partial charge in [-0.3, -0.25) is 0 Å². The first-order valence-electron chi connectivity index (χ1n) is 8.76. The number of hydrogen-bond acceptors (Lipinski definition) is 5. The standard InChI is InChI=1S/C22H23NO4/c1-23(2)15-21(18-9-4-3-5-10-18)27-22(24)11-7-6-8-17-12-13-19-20(14-17)26-16-25-19/h3-14,21H,15-16H2,1-2H3/b8-6+,11-7+. The average molecular weight is 365 g/mol. The maximum Gasteiger partial charge on any atom is 0.331 e. The molecule has 2 aromatic carbocycles. The number of hydrogen-bond donors (Lipinski definition) is 0. The molecule has 1 unspecified atom stereocenters. The van der Waals surface area contributed by atoms with Gasteiger partial charge in [0.2, 0.25) is 6.79 Å². The van der Waals surface area contributed by atoms with E-state index in [4.69, 9.17) is 14.2 Å². The normalized spacial score (nSPS) is 14.2. The fourth-order valence-corrected chi connectivity index (χ4v) is 2.71. The SMILES string of the molecule is CN(C)CC(OC(=O)/C=C/C=C/c1ccc2c(c1)OCO2)c1ccccc1. The summed E-state index contributed by atoms with van der Waals surface area (Å²) < 4.78 is 16.3. The number of likely N-dealkylation sites (N-methyl/N-ethyl adjacent to an activating group) is 1. The first-order valence-corrected chi connectivity index (χ1v) is 8.76. The van der Waals surface area contributed by atoms with Gasteiger partial charge in [-0.25, -0.2) is 4.79 Å². The summed E-state index contributed by atoms with van der Waals surface area (Å²) in [5.41, 5.74) is 1.94. The molecule has 0 aliphatic carbocycles. The predicted molar refractivity (Wildman–Crippen MR) is 105 cm³/mol. The van der Waals surface area contributed by atoms with Crippen LogP contribution in [0.15, 0.2) is 66.8 Å². The highest BCUT2D eigenvalue weighted by Crippen LogP contribution is 2.32. The molecule has 2 aromatic rings. The van der Waals surface area contributed by atoms with Crippen LogP contribution in [-0.2, 0) is 9.53 Å². The number of allylic oxidation sites excluding steroid dienone is 2. The quantitative estimate of drug-likeness (QED) is 0.424. The summed E-state index contributed by atoms with van der Waals surface area (Å²) in [5, 5.41) is 0. The zero-order valence-corrected chi connectivity index (χ0v) is 15.5. The minimum atomic E-state index is -0.374. The van der Waals surface area contributed by atoms with E-state index in [-0.39, 0.29) is 18.9 Å². The van der Waals surface area contributed by atoms with Crippen molar-refractivity contribution < 1.29 is 19.0 Å². The Balaban J connectivity index is 1.58. The van der Waals surface area contributed by atoms with Crippen molar-refractivity contribution in [1.82, 2.24) is 4.90 Å². The van der Waals surface area contributed by atoms with E-state index in [1.165, 1.54) is 6.08 Å².